The fourth-order valence-electron chi connectivity index (χ4n) is 2.78. The molecule has 0 aliphatic heterocycles. The molecule has 7 nitrogen and oxygen atoms in total. The fourth-order valence-corrected chi connectivity index (χ4v) is 3.06. The molecule has 4 aromatic rings. The molecule has 3 heterocycles. The van der Waals surface area contributed by atoms with E-state index in [0.29, 0.717) is 38.8 Å². The minimum Gasteiger partial charge on any atom is -0.360 e. The van der Waals surface area contributed by atoms with E-state index in [1.54, 1.807) is 12.4 Å². The van der Waals surface area contributed by atoms with Crippen LogP contribution in [0.15, 0.2) is 36.9 Å². The Kier molecular flexibility index (Phi) is 3.77. The van der Waals surface area contributed by atoms with E-state index in [0.717, 1.165) is 11.7 Å². The van der Waals surface area contributed by atoms with Crippen molar-refractivity contribution in [1.82, 2.24) is 24.9 Å². The monoisotopic (exact) mass is 352 g/mol. The number of hydrogen-bond donors (Lipinski definition) is 2. The molecule has 0 saturated heterocycles. The normalized spacial score (nSPS) is 12.4. The van der Waals surface area contributed by atoms with E-state index in [1.165, 1.54) is 6.33 Å². The molecule has 0 fully saturated rings. The van der Waals surface area contributed by atoms with Gasteiger partial charge in [-0.3, -0.25) is 4.79 Å². The SMILES string of the molecule is C[C@H](Nc1ncnc2nc[nH]c12)c1cc2cccc(Cl)c2c(C=O)n1. The van der Waals surface area contributed by atoms with Crippen molar-refractivity contribution in [3.05, 3.63) is 53.3 Å². The summed E-state index contributed by atoms with van der Waals surface area (Å²) in [6, 6.07) is 7.22. The van der Waals surface area contributed by atoms with Crippen LogP contribution in [-0.4, -0.2) is 31.2 Å². The van der Waals surface area contributed by atoms with Crippen LogP contribution in [0.5, 0.6) is 0 Å². The Morgan fingerprint density at radius 3 is 3.00 bits per heavy atom. The number of H-pyrrole nitrogens is 1. The quantitative estimate of drug-likeness (QED) is 0.545. The van der Waals surface area contributed by atoms with Gasteiger partial charge in [-0.1, -0.05) is 23.7 Å². The van der Waals surface area contributed by atoms with E-state index in [-0.39, 0.29) is 6.04 Å². The summed E-state index contributed by atoms with van der Waals surface area (Å²) < 4.78 is 0. The predicted octanol–water partition coefficient (Wildman–Crippen LogP) is 3.54. The van der Waals surface area contributed by atoms with Crippen molar-refractivity contribution in [3.63, 3.8) is 0 Å². The van der Waals surface area contributed by atoms with Crippen LogP contribution in [0.3, 0.4) is 0 Å². The number of fused-ring (bicyclic) bond motifs is 2. The molecule has 4 rings (SSSR count). The zero-order valence-electron chi connectivity index (χ0n) is 13.2. The van der Waals surface area contributed by atoms with Gasteiger partial charge in [0, 0.05) is 5.39 Å². The standard InChI is InChI=1S/C17H13ClN6O/c1-9(23-17-15-16(20-7-19-15)21-8-22-17)12-5-10-3-2-4-11(18)14(10)13(6-25)24-12/h2-9H,1H3,(H2,19,20,21,22,23)/t9-/m0/s1. The van der Waals surface area contributed by atoms with Gasteiger partial charge in [0.2, 0.25) is 0 Å². The molecule has 0 spiro atoms. The minimum atomic E-state index is -0.191. The highest BCUT2D eigenvalue weighted by atomic mass is 35.5. The Hall–Kier alpha value is -3.06. The molecule has 2 N–H and O–H groups in total. The number of aromatic amines is 1. The molecule has 0 saturated carbocycles. The molecule has 0 aliphatic carbocycles. The highest BCUT2D eigenvalue weighted by molar-refractivity contribution is 6.36. The zero-order chi connectivity index (χ0) is 17.4. The number of carbonyl (C=O) groups is 1. The lowest BCUT2D eigenvalue weighted by Gasteiger charge is -2.16. The summed E-state index contributed by atoms with van der Waals surface area (Å²) in [4.78, 5) is 31.4. The van der Waals surface area contributed by atoms with Crippen molar-refractivity contribution in [2.75, 3.05) is 5.32 Å². The van der Waals surface area contributed by atoms with Gasteiger partial charge in [-0.2, -0.15) is 0 Å². The maximum atomic E-state index is 11.5. The van der Waals surface area contributed by atoms with E-state index in [1.807, 2.05) is 25.1 Å². The van der Waals surface area contributed by atoms with Gasteiger partial charge in [-0.05, 0) is 24.4 Å². The van der Waals surface area contributed by atoms with Crippen LogP contribution in [-0.2, 0) is 0 Å². The van der Waals surface area contributed by atoms with E-state index in [9.17, 15) is 4.79 Å². The Balaban J connectivity index is 1.76. The van der Waals surface area contributed by atoms with Gasteiger partial charge in [-0.15, -0.1) is 0 Å². The van der Waals surface area contributed by atoms with Gasteiger partial charge in [0.1, 0.15) is 17.5 Å². The highest BCUT2D eigenvalue weighted by Crippen LogP contribution is 2.28. The lowest BCUT2D eigenvalue weighted by atomic mass is 10.1. The van der Waals surface area contributed by atoms with E-state index in [2.05, 4.69) is 30.2 Å². The van der Waals surface area contributed by atoms with Gasteiger partial charge < -0.3 is 10.3 Å². The number of anilines is 1. The smallest absolute Gasteiger partial charge is 0.182 e. The molecule has 25 heavy (non-hydrogen) atoms. The maximum Gasteiger partial charge on any atom is 0.182 e. The molecule has 0 unspecified atom stereocenters. The third-order valence-electron chi connectivity index (χ3n) is 3.99. The van der Waals surface area contributed by atoms with Crippen LogP contribution < -0.4 is 5.32 Å². The molecular weight excluding hydrogens is 340 g/mol. The van der Waals surface area contributed by atoms with E-state index >= 15 is 0 Å². The van der Waals surface area contributed by atoms with Crippen LogP contribution in [0, 0.1) is 0 Å². The molecule has 124 valence electrons. The topological polar surface area (TPSA) is 96.5 Å². The number of rotatable bonds is 4. The van der Waals surface area contributed by atoms with Crippen LogP contribution in [0.1, 0.15) is 29.1 Å². The second kappa shape index (κ2) is 6.10. The van der Waals surface area contributed by atoms with Crippen LogP contribution in [0.25, 0.3) is 21.9 Å². The number of aldehydes is 1. The van der Waals surface area contributed by atoms with Crippen LogP contribution >= 0.6 is 11.6 Å². The van der Waals surface area contributed by atoms with Crippen molar-refractivity contribution < 1.29 is 4.79 Å². The summed E-state index contributed by atoms with van der Waals surface area (Å²) in [7, 11) is 0. The number of carbonyl (C=O) groups excluding carboxylic acids is 1. The summed E-state index contributed by atoms with van der Waals surface area (Å²) in [5, 5.41) is 5.32. The summed E-state index contributed by atoms with van der Waals surface area (Å²) in [6.07, 6.45) is 3.74. The molecule has 0 amide bonds. The third-order valence-corrected chi connectivity index (χ3v) is 4.30. The maximum absolute atomic E-state index is 11.5. The summed E-state index contributed by atoms with van der Waals surface area (Å²) in [5.41, 5.74) is 2.33. The average Bonchev–Trinajstić information content (AvgIpc) is 3.10. The lowest BCUT2D eigenvalue weighted by molar-refractivity contribution is 0.112. The second-order valence-corrected chi connectivity index (χ2v) is 5.98. The van der Waals surface area contributed by atoms with Gasteiger partial charge >= 0.3 is 0 Å². The van der Waals surface area contributed by atoms with Crippen molar-refractivity contribution in [2.45, 2.75) is 13.0 Å². The van der Waals surface area contributed by atoms with Crippen LogP contribution in [0.4, 0.5) is 5.82 Å². The Morgan fingerprint density at radius 2 is 2.16 bits per heavy atom. The number of nitrogens with one attached hydrogen (secondary N) is 2. The third kappa shape index (κ3) is 2.68. The molecule has 3 aromatic heterocycles. The van der Waals surface area contributed by atoms with Gasteiger partial charge in [0.25, 0.3) is 0 Å². The number of benzene rings is 1. The van der Waals surface area contributed by atoms with Crippen LogP contribution in [0.2, 0.25) is 5.02 Å². The molecule has 1 aromatic carbocycles. The Morgan fingerprint density at radius 1 is 1.28 bits per heavy atom. The molecular formula is C17H13ClN6O. The zero-order valence-corrected chi connectivity index (χ0v) is 13.9. The van der Waals surface area contributed by atoms with Gasteiger partial charge in [0.15, 0.2) is 17.8 Å². The predicted molar refractivity (Wildman–Crippen MR) is 95.9 cm³/mol. The largest absolute Gasteiger partial charge is 0.360 e. The lowest BCUT2D eigenvalue weighted by Crippen LogP contribution is -2.11. The van der Waals surface area contributed by atoms with E-state index in [4.69, 9.17) is 11.6 Å². The Bertz CT molecular complexity index is 1090. The number of aromatic nitrogens is 5. The molecule has 0 bridgehead atoms. The molecule has 0 radical (unpaired) electrons. The van der Waals surface area contributed by atoms with Crippen molar-refractivity contribution in [2.24, 2.45) is 0 Å². The number of pyridine rings is 1. The first-order valence-corrected chi connectivity index (χ1v) is 8.00. The molecule has 0 aliphatic rings. The van der Waals surface area contributed by atoms with E-state index < -0.39 is 0 Å². The number of halogens is 1. The summed E-state index contributed by atoms with van der Waals surface area (Å²) >= 11 is 6.21. The molecule has 8 heteroatoms. The average molecular weight is 353 g/mol. The highest BCUT2D eigenvalue weighted by Gasteiger charge is 2.15. The fraction of sp³-hybridized carbons (Fsp3) is 0.118. The second-order valence-electron chi connectivity index (χ2n) is 5.58. The first kappa shape index (κ1) is 15.5. The van der Waals surface area contributed by atoms with Crippen molar-refractivity contribution in [1.29, 1.82) is 0 Å². The first-order chi connectivity index (χ1) is 12.2. The number of hydrogen-bond acceptors (Lipinski definition) is 6. The first-order valence-electron chi connectivity index (χ1n) is 7.62. The summed E-state index contributed by atoms with van der Waals surface area (Å²) in [6.45, 7) is 1.94. The molecule has 1 atom stereocenters. The van der Waals surface area contributed by atoms with Crippen molar-refractivity contribution >= 4 is 45.6 Å². The number of imidazole rings is 1. The van der Waals surface area contributed by atoms with Gasteiger partial charge in [0.05, 0.1) is 23.1 Å². The summed E-state index contributed by atoms with van der Waals surface area (Å²) in [5.74, 6) is 0.621. The van der Waals surface area contributed by atoms with Gasteiger partial charge in [-0.25, -0.2) is 19.9 Å². The Labute approximate surface area is 147 Å². The number of nitrogens with zero attached hydrogens (tertiary/aromatic N) is 4. The minimum absolute atomic E-state index is 0.191. The van der Waals surface area contributed by atoms with Crippen molar-refractivity contribution in [3.8, 4) is 0 Å².